The SMILES string of the molecule is CC(C)(C)c1nnc(C(=O)N2CCc3[nH]cnc3[C@@H]2c2oc3ccccc3c2C2CC2)o1. The minimum absolute atomic E-state index is 0.00277. The molecule has 8 heteroatoms. The molecule has 1 amide bonds. The van der Waals surface area contributed by atoms with Crippen LogP contribution in [0.5, 0.6) is 0 Å². The van der Waals surface area contributed by atoms with Crippen LogP contribution in [0.15, 0.2) is 39.4 Å². The summed E-state index contributed by atoms with van der Waals surface area (Å²) in [6, 6.07) is 7.65. The second kappa shape index (κ2) is 6.79. The summed E-state index contributed by atoms with van der Waals surface area (Å²) < 4.78 is 12.2. The number of imidazole rings is 1. The van der Waals surface area contributed by atoms with Gasteiger partial charge in [-0.3, -0.25) is 4.79 Å². The Labute approximate surface area is 185 Å². The Morgan fingerprint density at radius 3 is 2.72 bits per heavy atom. The molecule has 2 aliphatic rings. The third kappa shape index (κ3) is 2.97. The van der Waals surface area contributed by atoms with Gasteiger partial charge in [0.05, 0.1) is 12.0 Å². The van der Waals surface area contributed by atoms with Crippen LogP contribution in [0.2, 0.25) is 0 Å². The minimum atomic E-state index is -0.439. The molecule has 1 aliphatic heterocycles. The summed E-state index contributed by atoms with van der Waals surface area (Å²) in [5.41, 5.74) is 3.55. The van der Waals surface area contributed by atoms with Gasteiger partial charge in [0, 0.05) is 35.0 Å². The number of para-hydroxylation sites is 1. The highest BCUT2D eigenvalue weighted by molar-refractivity contribution is 5.91. The average molecular weight is 431 g/mol. The van der Waals surface area contributed by atoms with Gasteiger partial charge in [0.15, 0.2) is 0 Å². The fourth-order valence-electron chi connectivity index (χ4n) is 4.58. The third-order valence-electron chi connectivity index (χ3n) is 6.33. The Bertz CT molecular complexity index is 1320. The van der Waals surface area contributed by atoms with Crippen LogP contribution in [0.4, 0.5) is 0 Å². The fraction of sp³-hybridized carbons (Fsp3) is 0.417. The largest absolute Gasteiger partial charge is 0.458 e. The van der Waals surface area contributed by atoms with Gasteiger partial charge < -0.3 is 18.7 Å². The normalized spacial score (nSPS) is 18.8. The standard InChI is InChI=1S/C24H25N5O3/c1-24(2,3)23-28-27-21(32-23)22(30)29-11-10-15-18(26-12-25-15)19(29)20-17(13-8-9-13)14-6-4-5-7-16(14)31-20/h4-7,12-13,19H,8-11H2,1-3H3,(H,25,26)/t19-/m1/s1. The number of aromatic nitrogens is 4. The average Bonchev–Trinajstić information content (AvgIpc) is 3.20. The number of nitrogens with zero attached hydrogens (tertiary/aromatic N) is 4. The molecular formula is C24H25N5O3. The van der Waals surface area contributed by atoms with Crippen LogP contribution in [-0.2, 0) is 11.8 Å². The van der Waals surface area contributed by atoms with Crippen LogP contribution in [0.3, 0.4) is 0 Å². The number of carbonyl (C=O) groups excluding carboxylic acids is 1. The van der Waals surface area contributed by atoms with Crippen molar-refractivity contribution in [1.29, 1.82) is 0 Å². The summed E-state index contributed by atoms with van der Waals surface area (Å²) in [5.74, 6) is 1.39. The summed E-state index contributed by atoms with van der Waals surface area (Å²) in [6.45, 7) is 6.44. The fourth-order valence-corrected chi connectivity index (χ4v) is 4.58. The molecular weight excluding hydrogens is 406 g/mol. The van der Waals surface area contributed by atoms with Crippen molar-refractivity contribution in [1.82, 2.24) is 25.1 Å². The van der Waals surface area contributed by atoms with Crippen LogP contribution in [0.1, 0.15) is 84.9 Å². The number of hydrogen-bond acceptors (Lipinski definition) is 6. The highest BCUT2D eigenvalue weighted by Gasteiger charge is 2.43. The zero-order valence-corrected chi connectivity index (χ0v) is 18.4. The van der Waals surface area contributed by atoms with Crippen LogP contribution in [0, 0.1) is 0 Å². The number of amides is 1. The first-order valence-corrected chi connectivity index (χ1v) is 11.1. The molecule has 1 fully saturated rings. The van der Waals surface area contributed by atoms with E-state index >= 15 is 0 Å². The lowest BCUT2D eigenvalue weighted by Gasteiger charge is -2.33. The number of rotatable bonds is 3. The number of hydrogen-bond donors (Lipinski definition) is 1. The molecule has 0 bridgehead atoms. The van der Waals surface area contributed by atoms with Gasteiger partial charge in [-0.2, -0.15) is 0 Å². The van der Waals surface area contributed by atoms with Crippen LogP contribution >= 0.6 is 0 Å². The van der Waals surface area contributed by atoms with E-state index in [2.05, 4.69) is 26.2 Å². The van der Waals surface area contributed by atoms with E-state index < -0.39 is 6.04 Å². The number of benzene rings is 1. The predicted molar refractivity (Wildman–Crippen MR) is 116 cm³/mol. The number of carbonyl (C=O) groups is 1. The maximum absolute atomic E-state index is 13.6. The number of nitrogens with one attached hydrogen (secondary N) is 1. The van der Waals surface area contributed by atoms with E-state index in [0.717, 1.165) is 41.0 Å². The molecule has 1 aliphatic carbocycles. The summed E-state index contributed by atoms with van der Waals surface area (Å²) in [6.07, 6.45) is 4.62. The maximum atomic E-state index is 13.6. The lowest BCUT2D eigenvalue weighted by molar-refractivity contribution is 0.0627. The van der Waals surface area contributed by atoms with E-state index in [1.165, 1.54) is 5.56 Å². The quantitative estimate of drug-likeness (QED) is 0.512. The zero-order chi connectivity index (χ0) is 22.0. The number of fused-ring (bicyclic) bond motifs is 2. The lowest BCUT2D eigenvalue weighted by atomic mass is 9.95. The highest BCUT2D eigenvalue weighted by atomic mass is 16.4. The van der Waals surface area contributed by atoms with Crippen molar-refractivity contribution in [3.63, 3.8) is 0 Å². The van der Waals surface area contributed by atoms with Crippen LogP contribution in [0.25, 0.3) is 11.0 Å². The molecule has 1 aromatic carbocycles. The van der Waals surface area contributed by atoms with Gasteiger partial charge in [0.1, 0.15) is 17.4 Å². The zero-order valence-electron chi connectivity index (χ0n) is 18.4. The van der Waals surface area contributed by atoms with Crippen molar-refractivity contribution in [2.75, 3.05) is 6.54 Å². The second-order valence-electron chi connectivity index (χ2n) is 9.73. The molecule has 8 nitrogen and oxygen atoms in total. The smallest absolute Gasteiger partial charge is 0.312 e. The molecule has 164 valence electrons. The molecule has 32 heavy (non-hydrogen) atoms. The summed E-state index contributed by atoms with van der Waals surface area (Å²) >= 11 is 0. The first kappa shape index (κ1) is 19.3. The number of H-pyrrole nitrogens is 1. The topological polar surface area (TPSA) is 101 Å². The van der Waals surface area contributed by atoms with Gasteiger partial charge in [-0.15, -0.1) is 10.2 Å². The van der Waals surface area contributed by atoms with Crippen molar-refractivity contribution in [3.8, 4) is 0 Å². The van der Waals surface area contributed by atoms with E-state index in [0.29, 0.717) is 24.8 Å². The van der Waals surface area contributed by atoms with Gasteiger partial charge in [0.25, 0.3) is 0 Å². The number of aromatic amines is 1. The van der Waals surface area contributed by atoms with Gasteiger partial charge in [0.2, 0.25) is 5.89 Å². The molecule has 3 aromatic heterocycles. The monoisotopic (exact) mass is 431 g/mol. The molecule has 4 heterocycles. The molecule has 0 radical (unpaired) electrons. The molecule has 4 aromatic rings. The molecule has 1 atom stereocenters. The lowest BCUT2D eigenvalue weighted by Crippen LogP contribution is -2.41. The Balaban J connectivity index is 1.49. The van der Waals surface area contributed by atoms with Gasteiger partial charge in [-0.05, 0) is 24.8 Å². The van der Waals surface area contributed by atoms with Gasteiger partial charge in [-0.25, -0.2) is 4.98 Å². The van der Waals surface area contributed by atoms with Crippen molar-refractivity contribution >= 4 is 16.9 Å². The molecule has 0 spiro atoms. The van der Waals surface area contributed by atoms with Crippen LogP contribution < -0.4 is 0 Å². The molecule has 1 saturated carbocycles. The highest BCUT2D eigenvalue weighted by Crippen LogP contribution is 2.50. The maximum Gasteiger partial charge on any atom is 0.312 e. The summed E-state index contributed by atoms with van der Waals surface area (Å²) in [4.78, 5) is 23.2. The predicted octanol–water partition coefficient (Wildman–Crippen LogP) is 4.50. The Morgan fingerprint density at radius 1 is 1.16 bits per heavy atom. The summed E-state index contributed by atoms with van der Waals surface area (Å²) in [5, 5.41) is 9.31. The Hall–Kier alpha value is -3.42. The summed E-state index contributed by atoms with van der Waals surface area (Å²) in [7, 11) is 0. The number of furan rings is 1. The molecule has 6 rings (SSSR count). The Morgan fingerprint density at radius 2 is 1.97 bits per heavy atom. The third-order valence-corrected chi connectivity index (χ3v) is 6.33. The molecule has 0 unspecified atom stereocenters. The van der Waals surface area contributed by atoms with Gasteiger partial charge >= 0.3 is 11.8 Å². The first-order chi connectivity index (χ1) is 15.4. The van der Waals surface area contributed by atoms with E-state index in [-0.39, 0.29) is 17.2 Å². The van der Waals surface area contributed by atoms with E-state index in [9.17, 15) is 4.79 Å². The van der Waals surface area contributed by atoms with E-state index in [4.69, 9.17) is 8.83 Å². The van der Waals surface area contributed by atoms with Gasteiger partial charge in [-0.1, -0.05) is 39.0 Å². The van der Waals surface area contributed by atoms with Crippen molar-refractivity contribution in [3.05, 3.63) is 65.1 Å². The van der Waals surface area contributed by atoms with E-state index in [1.54, 1.807) is 11.2 Å². The van der Waals surface area contributed by atoms with Crippen LogP contribution in [-0.4, -0.2) is 37.5 Å². The first-order valence-electron chi connectivity index (χ1n) is 11.1. The molecule has 1 N–H and O–H groups in total. The second-order valence-corrected chi connectivity index (χ2v) is 9.73. The molecule has 0 saturated heterocycles. The van der Waals surface area contributed by atoms with Crippen molar-refractivity contribution < 1.29 is 13.6 Å². The Kier molecular flexibility index (Phi) is 4.09. The minimum Gasteiger partial charge on any atom is -0.458 e. The van der Waals surface area contributed by atoms with Crippen molar-refractivity contribution in [2.24, 2.45) is 0 Å². The van der Waals surface area contributed by atoms with Crippen molar-refractivity contribution in [2.45, 2.75) is 57.4 Å². The van der Waals surface area contributed by atoms with E-state index in [1.807, 2.05) is 39.0 Å².